The van der Waals surface area contributed by atoms with Crippen LogP contribution < -0.4 is 10.6 Å². The molecule has 3 aromatic carbocycles. The summed E-state index contributed by atoms with van der Waals surface area (Å²) in [5.41, 5.74) is 2.45. The second-order valence-electron chi connectivity index (χ2n) is 7.71. The molecule has 0 bridgehead atoms. The lowest BCUT2D eigenvalue weighted by molar-refractivity contribution is -0.113. The van der Waals surface area contributed by atoms with Gasteiger partial charge in [0.15, 0.2) is 11.0 Å². The van der Waals surface area contributed by atoms with Crippen molar-refractivity contribution in [1.29, 1.82) is 0 Å². The van der Waals surface area contributed by atoms with E-state index >= 15 is 0 Å². The minimum atomic E-state index is -0.183. The predicted octanol–water partition coefficient (Wildman–Crippen LogP) is 4.59. The molecule has 0 radical (unpaired) electrons. The average molecular weight is 472 g/mol. The van der Waals surface area contributed by atoms with Crippen LogP contribution in [0, 0.1) is 6.92 Å². The predicted molar refractivity (Wildman–Crippen MR) is 136 cm³/mol. The van der Waals surface area contributed by atoms with E-state index in [1.54, 1.807) is 18.2 Å². The van der Waals surface area contributed by atoms with Crippen LogP contribution in [0.3, 0.4) is 0 Å². The molecule has 2 amide bonds. The molecule has 0 atom stereocenters. The highest BCUT2D eigenvalue weighted by atomic mass is 32.2. The number of carbonyl (C=O) groups is 2. The van der Waals surface area contributed by atoms with Gasteiger partial charge in [-0.3, -0.25) is 9.59 Å². The van der Waals surface area contributed by atoms with Gasteiger partial charge in [0, 0.05) is 23.2 Å². The minimum Gasteiger partial charge on any atom is -0.345 e. The van der Waals surface area contributed by atoms with Gasteiger partial charge in [-0.15, -0.1) is 16.8 Å². The number of amides is 2. The molecule has 0 unspecified atom stereocenters. The summed E-state index contributed by atoms with van der Waals surface area (Å²) in [6, 6.07) is 21.1. The Morgan fingerprint density at radius 2 is 1.79 bits per heavy atom. The van der Waals surface area contributed by atoms with Crippen LogP contribution in [0.1, 0.15) is 21.7 Å². The monoisotopic (exact) mass is 471 g/mol. The fourth-order valence-corrected chi connectivity index (χ4v) is 4.25. The molecule has 8 heteroatoms. The zero-order valence-electron chi connectivity index (χ0n) is 18.8. The topological polar surface area (TPSA) is 88.9 Å². The smallest absolute Gasteiger partial charge is 0.251 e. The molecule has 1 heterocycles. The van der Waals surface area contributed by atoms with Crippen LogP contribution in [-0.2, 0) is 17.9 Å². The quantitative estimate of drug-likeness (QED) is 0.275. The molecule has 2 N–H and O–H groups in total. The lowest BCUT2D eigenvalue weighted by Crippen LogP contribution is -2.24. The van der Waals surface area contributed by atoms with Crippen molar-refractivity contribution in [3.8, 4) is 0 Å². The van der Waals surface area contributed by atoms with E-state index in [0.29, 0.717) is 23.1 Å². The Bertz CT molecular complexity index is 1330. The number of anilines is 1. The highest BCUT2D eigenvalue weighted by molar-refractivity contribution is 7.99. The first kappa shape index (κ1) is 23.3. The SMILES string of the molecule is C=CCn1c(CNC(=O)c2ccc(C)cc2)nnc1SCC(=O)Nc1cccc2ccccc12. The van der Waals surface area contributed by atoms with Gasteiger partial charge >= 0.3 is 0 Å². The standard InChI is InChI=1S/C26H25N5O2S/c1-3-15-31-23(16-27-25(33)20-13-11-18(2)12-14-20)29-30-26(31)34-17-24(32)28-22-10-6-8-19-7-4-5-9-21(19)22/h3-14H,1,15-17H2,2H3,(H,27,33)(H,28,32). The fourth-order valence-electron chi connectivity index (χ4n) is 3.49. The van der Waals surface area contributed by atoms with Gasteiger partial charge in [-0.1, -0.05) is 71.9 Å². The maximum absolute atomic E-state index is 12.6. The first-order valence-corrected chi connectivity index (χ1v) is 11.8. The van der Waals surface area contributed by atoms with Gasteiger partial charge in [0.2, 0.25) is 5.91 Å². The number of nitrogens with one attached hydrogen (secondary N) is 2. The summed E-state index contributed by atoms with van der Waals surface area (Å²) in [7, 11) is 0. The van der Waals surface area contributed by atoms with Crippen molar-refractivity contribution < 1.29 is 9.59 Å². The summed E-state index contributed by atoms with van der Waals surface area (Å²) in [6.07, 6.45) is 1.73. The first-order chi connectivity index (χ1) is 16.5. The van der Waals surface area contributed by atoms with E-state index in [1.165, 1.54) is 11.8 Å². The van der Waals surface area contributed by atoms with Gasteiger partial charge in [-0.2, -0.15) is 0 Å². The number of hydrogen-bond acceptors (Lipinski definition) is 5. The number of fused-ring (bicyclic) bond motifs is 1. The van der Waals surface area contributed by atoms with Crippen molar-refractivity contribution in [2.75, 3.05) is 11.1 Å². The van der Waals surface area contributed by atoms with Crippen molar-refractivity contribution in [2.45, 2.75) is 25.2 Å². The Hall–Kier alpha value is -3.91. The van der Waals surface area contributed by atoms with Gasteiger partial charge in [0.25, 0.3) is 5.91 Å². The lowest BCUT2D eigenvalue weighted by Gasteiger charge is -2.10. The van der Waals surface area contributed by atoms with E-state index in [1.807, 2.05) is 66.1 Å². The van der Waals surface area contributed by atoms with E-state index in [-0.39, 0.29) is 24.1 Å². The second-order valence-corrected chi connectivity index (χ2v) is 8.65. The van der Waals surface area contributed by atoms with Crippen molar-refractivity contribution in [3.63, 3.8) is 0 Å². The maximum Gasteiger partial charge on any atom is 0.251 e. The molecule has 4 rings (SSSR count). The third kappa shape index (κ3) is 5.52. The van der Waals surface area contributed by atoms with Gasteiger partial charge in [0.05, 0.1) is 12.3 Å². The molecule has 0 aliphatic rings. The highest BCUT2D eigenvalue weighted by Gasteiger charge is 2.15. The summed E-state index contributed by atoms with van der Waals surface area (Å²) in [5.74, 6) is 0.451. The van der Waals surface area contributed by atoms with Gasteiger partial charge in [0.1, 0.15) is 0 Å². The molecule has 0 aliphatic heterocycles. The average Bonchev–Trinajstić information content (AvgIpc) is 3.23. The number of thioether (sulfide) groups is 1. The van der Waals surface area contributed by atoms with E-state index < -0.39 is 0 Å². The zero-order valence-corrected chi connectivity index (χ0v) is 19.6. The van der Waals surface area contributed by atoms with Crippen molar-refractivity contribution in [3.05, 3.63) is 96.3 Å². The molecular weight excluding hydrogens is 446 g/mol. The number of rotatable bonds is 9. The second kappa shape index (κ2) is 10.8. The van der Waals surface area contributed by atoms with Gasteiger partial charge in [-0.25, -0.2) is 0 Å². The molecule has 0 saturated carbocycles. The Morgan fingerprint density at radius 1 is 1.03 bits per heavy atom. The maximum atomic E-state index is 12.6. The molecule has 0 spiro atoms. The molecule has 0 aliphatic carbocycles. The van der Waals surface area contributed by atoms with E-state index in [2.05, 4.69) is 27.4 Å². The van der Waals surface area contributed by atoms with E-state index in [0.717, 1.165) is 22.0 Å². The number of aryl methyl sites for hydroxylation is 1. The summed E-state index contributed by atoms with van der Waals surface area (Å²) < 4.78 is 1.85. The Labute approximate surface area is 202 Å². The first-order valence-electron chi connectivity index (χ1n) is 10.8. The molecule has 1 aromatic heterocycles. The number of nitrogens with zero attached hydrogens (tertiary/aromatic N) is 3. The molecular formula is C26H25N5O2S. The van der Waals surface area contributed by atoms with Crippen molar-refractivity contribution in [1.82, 2.24) is 20.1 Å². The number of benzene rings is 3. The zero-order chi connectivity index (χ0) is 23.9. The lowest BCUT2D eigenvalue weighted by atomic mass is 10.1. The molecule has 0 fully saturated rings. The van der Waals surface area contributed by atoms with Crippen LogP contribution in [0.5, 0.6) is 0 Å². The molecule has 34 heavy (non-hydrogen) atoms. The summed E-state index contributed by atoms with van der Waals surface area (Å²) in [5, 5.41) is 16.9. The van der Waals surface area contributed by atoms with Crippen molar-refractivity contribution >= 4 is 40.0 Å². The fraction of sp³-hybridized carbons (Fsp3) is 0.154. The van der Waals surface area contributed by atoms with Crippen LogP contribution in [0.15, 0.2) is 84.5 Å². The van der Waals surface area contributed by atoms with Crippen LogP contribution in [0.4, 0.5) is 5.69 Å². The molecule has 4 aromatic rings. The molecule has 172 valence electrons. The van der Waals surface area contributed by atoms with Gasteiger partial charge in [-0.05, 0) is 30.5 Å². The number of carbonyl (C=O) groups excluding carboxylic acids is 2. The van der Waals surface area contributed by atoms with Crippen LogP contribution in [0.2, 0.25) is 0 Å². The Balaban J connectivity index is 1.39. The highest BCUT2D eigenvalue weighted by Crippen LogP contribution is 2.24. The molecule has 0 saturated heterocycles. The third-order valence-corrected chi connectivity index (χ3v) is 6.19. The number of aromatic nitrogens is 3. The third-order valence-electron chi connectivity index (χ3n) is 5.22. The van der Waals surface area contributed by atoms with Crippen molar-refractivity contribution in [2.24, 2.45) is 0 Å². The normalized spacial score (nSPS) is 10.7. The van der Waals surface area contributed by atoms with Crippen LogP contribution in [-0.4, -0.2) is 32.3 Å². The number of hydrogen-bond donors (Lipinski definition) is 2. The molecule has 7 nitrogen and oxygen atoms in total. The summed E-state index contributed by atoms with van der Waals surface area (Å²) in [4.78, 5) is 25.1. The van der Waals surface area contributed by atoms with E-state index in [9.17, 15) is 9.59 Å². The van der Waals surface area contributed by atoms with Gasteiger partial charge < -0.3 is 15.2 Å². The summed E-state index contributed by atoms with van der Waals surface area (Å²) >= 11 is 1.29. The summed E-state index contributed by atoms with van der Waals surface area (Å²) in [6.45, 7) is 6.46. The number of allylic oxidation sites excluding steroid dienone is 1. The van der Waals surface area contributed by atoms with E-state index in [4.69, 9.17) is 0 Å². The van der Waals surface area contributed by atoms with Crippen LogP contribution >= 0.6 is 11.8 Å². The van der Waals surface area contributed by atoms with Crippen LogP contribution in [0.25, 0.3) is 10.8 Å². The largest absolute Gasteiger partial charge is 0.345 e. The Kier molecular flexibility index (Phi) is 7.39. The Morgan fingerprint density at radius 3 is 2.59 bits per heavy atom. The minimum absolute atomic E-state index is 0.135.